The molecule has 1 saturated carbocycles. The van der Waals surface area contributed by atoms with E-state index in [2.05, 4.69) is 21.2 Å². The van der Waals surface area contributed by atoms with Crippen LogP contribution in [0.2, 0.25) is 0 Å². The molecule has 14 heteroatoms. The molecule has 270 valence electrons. The van der Waals surface area contributed by atoms with Crippen molar-refractivity contribution in [1.29, 1.82) is 0 Å². The number of β-amino-alcohol motifs (C(OH)–C–C–N with tert-alkyl or cyclic N) is 1. The van der Waals surface area contributed by atoms with Crippen LogP contribution in [-0.2, 0) is 9.47 Å². The quantitative estimate of drug-likeness (QED) is 0.182. The summed E-state index contributed by atoms with van der Waals surface area (Å²) in [6.45, 7) is 2.64. The monoisotopic (exact) mass is 707 g/mol. The molecule has 4 aromatic rings. The molecule has 0 radical (unpaired) electrons. The fourth-order valence-corrected chi connectivity index (χ4v) is 7.78. The lowest BCUT2D eigenvalue weighted by Crippen LogP contribution is -2.53. The largest absolute Gasteiger partial charge is 0.480 e. The highest BCUT2D eigenvalue weighted by Gasteiger charge is 2.48. The summed E-state index contributed by atoms with van der Waals surface area (Å²) in [5.74, 6) is 1.32. The number of ether oxygens (including phenoxy) is 5. The fourth-order valence-electron chi connectivity index (χ4n) is 7.78. The van der Waals surface area contributed by atoms with Gasteiger partial charge in [0.05, 0.1) is 39.0 Å². The summed E-state index contributed by atoms with van der Waals surface area (Å²) in [5, 5.41) is 15.3. The van der Waals surface area contributed by atoms with Gasteiger partial charge in [0.15, 0.2) is 12.6 Å². The Balaban J connectivity index is 1.44. The normalized spacial score (nSPS) is 25.0. The molecule has 2 aliphatic heterocycles. The van der Waals surface area contributed by atoms with Crippen molar-refractivity contribution in [1.82, 2.24) is 20.3 Å². The van der Waals surface area contributed by atoms with Crippen LogP contribution in [0.25, 0.3) is 32.9 Å². The Hall–Kier alpha value is -4.42. The summed E-state index contributed by atoms with van der Waals surface area (Å²) >= 11 is 0. The standard InChI is InChI=1S/C37H40F3N5O6/c1-5-24-26(39)9-8-21-13-23(51-20-47-3)14-25(28(21)24)31-30(40)32-29(34(42-31)48-4)33(45-11-12-49-18-36(2,46)17-45)44-35(43-32)50-19-37-10-6-7-27(37)41-16-22(38)15-37/h1,8-9,13-14,22,27,41,46H,6-7,10-12,15-20H2,2-4H3/t22-,27+,36-,37+/m0/s1. The zero-order chi connectivity index (χ0) is 35.9. The highest BCUT2D eigenvalue weighted by atomic mass is 19.1. The van der Waals surface area contributed by atoms with Crippen molar-refractivity contribution in [3.8, 4) is 41.2 Å². The van der Waals surface area contributed by atoms with Crippen molar-refractivity contribution in [2.45, 2.75) is 50.4 Å². The highest BCUT2D eigenvalue weighted by Crippen LogP contribution is 2.46. The van der Waals surface area contributed by atoms with E-state index in [4.69, 9.17) is 35.1 Å². The molecule has 0 unspecified atom stereocenters. The van der Waals surface area contributed by atoms with Gasteiger partial charge in [-0.3, -0.25) is 0 Å². The molecular formula is C37H40F3N5O6. The third-order valence-electron chi connectivity index (χ3n) is 10.0. The molecule has 51 heavy (non-hydrogen) atoms. The van der Waals surface area contributed by atoms with Crippen LogP contribution in [0.4, 0.5) is 19.0 Å². The van der Waals surface area contributed by atoms with Crippen molar-refractivity contribution in [3.05, 3.63) is 41.5 Å². The van der Waals surface area contributed by atoms with E-state index >= 15 is 8.78 Å². The van der Waals surface area contributed by atoms with Gasteiger partial charge in [-0.25, -0.2) is 18.2 Å². The Morgan fingerprint density at radius 2 is 2.00 bits per heavy atom. The van der Waals surface area contributed by atoms with Crippen LogP contribution in [0.15, 0.2) is 24.3 Å². The third-order valence-corrected chi connectivity index (χ3v) is 10.0. The minimum Gasteiger partial charge on any atom is -0.480 e. The summed E-state index contributed by atoms with van der Waals surface area (Å²) in [5.41, 5.74) is -2.13. The molecule has 1 aliphatic carbocycles. The van der Waals surface area contributed by atoms with Gasteiger partial charge in [0.1, 0.15) is 45.8 Å². The van der Waals surface area contributed by atoms with Gasteiger partial charge < -0.3 is 39.0 Å². The van der Waals surface area contributed by atoms with Crippen LogP contribution in [0.5, 0.6) is 17.6 Å². The average molecular weight is 708 g/mol. The van der Waals surface area contributed by atoms with Gasteiger partial charge >= 0.3 is 6.01 Å². The SMILES string of the molecule is C#Cc1c(F)ccc2cc(OCOC)cc(-c3nc(OC)c4c(N5CCOC[C@@](C)(O)C5)nc(OC[C@]56CCC[C@H]5NC[C@@H](F)C6)nc4c3F)c12. The predicted molar refractivity (Wildman–Crippen MR) is 184 cm³/mol. The molecule has 2 N–H and O–H groups in total. The summed E-state index contributed by atoms with van der Waals surface area (Å²) in [6.07, 6.45) is 7.66. The van der Waals surface area contributed by atoms with Gasteiger partial charge in [-0.15, -0.1) is 6.42 Å². The second-order valence-electron chi connectivity index (χ2n) is 13.8. The number of terminal acetylenes is 1. The molecule has 2 aromatic heterocycles. The van der Waals surface area contributed by atoms with E-state index in [1.165, 1.54) is 32.4 Å². The van der Waals surface area contributed by atoms with E-state index in [1.807, 2.05) is 0 Å². The summed E-state index contributed by atoms with van der Waals surface area (Å²) in [6, 6.07) is 5.83. The molecule has 0 spiro atoms. The molecule has 2 saturated heterocycles. The molecule has 0 bridgehead atoms. The number of fused-ring (bicyclic) bond motifs is 3. The maximum atomic E-state index is 17.3. The number of methoxy groups -OCH3 is 2. The first-order valence-corrected chi connectivity index (χ1v) is 16.9. The van der Waals surface area contributed by atoms with Crippen molar-refractivity contribution < 1.29 is 42.0 Å². The maximum absolute atomic E-state index is 17.3. The van der Waals surface area contributed by atoms with E-state index in [9.17, 15) is 9.50 Å². The van der Waals surface area contributed by atoms with E-state index in [-0.39, 0.29) is 90.0 Å². The highest BCUT2D eigenvalue weighted by molar-refractivity contribution is 6.04. The van der Waals surface area contributed by atoms with E-state index in [0.29, 0.717) is 30.6 Å². The molecule has 11 nitrogen and oxygen atoms in total. The minimum atomic E-state index is -1.27. The number of alkyl halides is 1. The zero-order valence-electron chi connectivity index (χ0n) is 28.7. The van der Waals surface area contributed by atoms with Gasteiger partial charge in [0.2, 0.25) is 5.88 Å². The second kappa shape index (κ2) is 14.0. The molecule has 3 aliphatic rings. The Labute approximate surface area is 293 Å². The number of nitrogens with zero attached hydrogens (tertiary/aromatic N) is 4. The van der Waals surface area contributed by atoms with Crippen LogP contribution in [0, 0.1) is 29.4 Å². The molecule has 0 amide bonds. The maximum Gasteiger partial charge on any atom is 0.319 e. The first-order valence-electron chi connectivity index (χ1n) is 16.9. The number of aromatic nitrogens is 3. The Bertz CT molecular complexity index is 2010. The number of aliphatic hydroxyl groups is 1. The van der Waals surface area contributed by atoms with Gasteiger partial charge in [0.25, 0.3) is 0 Å². The van der Waals surface area contributed by atoms with Gasteiger partial charge in [-0.1, -0.05) is 18.4 Å². The van der Waals surface area contributed by atoms with Crippen LogP contribution in [-0.4, -0.2) is 98.3 Å². The van der Waals surface area contributed by atoms with Gasteiger partial charge in [-0.2, -0.15) is 9.97 Å². The number of hydrogen-bond acceptors (Lipinski definition) is 11. The average Bonchev–Trinajstić information content (AvgIpc) is 3.44. The lowest BCUT2D eigenvalue weighted by atomic mass is 9.76. The molecule has 3 fully saturated rings. The van der Waals surface area contributed by atoms with Crippen LogP contribution >= 0.6 is 0 Å². The summed E-state index contributed by atoms with van der Waals surface area (Å²) in [4.78, 5) is 15.7. The van der Waals surface area contributed by atoms with E-state index in [1.54, 1.807) is 17.9 Å². The van der Waals surface area contributed by atoms with Crippen molar-refractivity contribution in [2.75, 3.05) is 65.4 Å². The number of rotatable bonds is 9. The van der Waals surface area contributed by atoms with Crippen molar-refractivity contribution >= 4 is 27.5 Å². The third kappa shape index (κ3) is 6.59. The molecular weight excluding hydrogens is 667 g/mol. The molecule has 2 aromatic carbocycles. The first kappa shape index (κ1) is 35.0. The van der Waals surface area contributed by atoms with Crippen LogP contribution < -0.4 is 24.4 Å². The van der Waals surface area contributed by atoms with E-state index in [0.717, 1.165) is 19.3 Å². The predicted octanol–water partition coefficient (Wildman–Crippen LogP) is 4.93. The van der Waals surface area contributed by atoms with Gasteiger partial charge in [-0.05, 0) is 49.8 Å². The van der Waals surface area contributed by atoms with E-state index < -0.39 is 28.8 Å². The summed E-state index contributed by atoms with van der Waals surface area (Å²) < 4.78 is 75.7. The zero-order valence-corrected chi connectivity index (χ0v) is 28.7. The number of benzene rings is 2. The van der Waals surface area contributed by atoms with Crippen LogP contribution in [0.3, 0.4) is 0 Å². The lowest BCUT2D eigenvalue weighted by molar-refractivity contribution is -0.0123. The number of hydrogen-bond donors (Lipinski definition) is 2. The Kier molecular flexibility index (Phi) is 9.57. The number of anilines is 1. The van der Waals surface area contributed by atoms with Gasteiger partial charge in [0, 0.05) is 42.6 Å². The number of piperidine rings is 1. The molecule has 7 rings (SSSR count). The Morgan fingerprint density at radius 1 is 1.16 bits per heavy atom. The number of nitrogens with one attached hydrogen (secondary N) is 1. The number of pyridine rings is 1. The lowest BCUT2D eigenvalue weighted by Gasteiger charge is -2.41. The summed E-state index contributed by atoms with van der Waals surface area (Å²) in [7, 11) is 2.84. The van der Waals surface area contributed by atoms with Crippen LogP contribution in [0.1, 0.15) is 38.2 Å². The smallest absolute Gasteiger partial charge is 0.319 e. The fraction of sp³-hybridized carbons (Fsp3) is 0.486. The minimum absolute atomic E-state index is 0.0333. The molecule has 4 atom stereocenters. The van der Waals surface area contributed by atoms with Crippen molar-refractivity contribution in [2.24, 2.45) is 5.41 Å². The topological polar surface area (TPSA) is 120 Å². The van der Waals surface area contributed by atoms with Crippen molar-refractivity contribution in [3.63, 3.8) is 0 Å². The second-order valence-corrected chi connectivity index (χ2v) is 13.8. The number of halogens is 3. The first-order chi connectivity index (χ1) is 24.6. The Morgan fingerprint density at radius 3 is 2.78 bits per heavy atom. The molecule has 4 heterocycles.